The van der Waals surface area contributed by atoms with Crippen molar-refractivity contribution in [3.8, 4) is 0 Å². The van der Waals surface area contributed by atoms with Gasteiger partial charge in [-0.2, -0.15) is 0 Å². The second-order valence-electron chi connectivity index (χ2n) is 3.51. The molecule has 0 aliphatic rings. The third kappa shape index (κ3) is 1.85. The summed E-state index contributed by atoms with van der Waals surface area (Å²) < 4.78 is 0. The molecule has 0 bridgehead atoms. The van der Waals surface area contributed by atoms with E-state index in [2.05, 4.69) is 22.2 Å². The standard InChI is InChI=1S/C11H14ClN3/c1-3-8(13-2)11-14-9-6-4-5-7(12)10(9)15-11/h4-6,8,13H,3H2,1-2H3,(H,14,15)/t8-/m0/s1. The predicted octanol–water partition coefficient (Wildman–Crippen LogP) is 2.89. The topological polar surface area (TPSA) is 40.7 Å². The molecule has 2 rings (SSSR count). The Hall–Kier alpha value is -1.06. The van der Waals surface area contributed by atoms with Crippen molar-refractivity contribution >= 4 is 22.6 Å². The van der Waals surface area contributed by atoms with Crippen molar-refractivity contribution in [2.75, 3.05) is 7.05 Å². The van der Waals surface area contributed by atoms with Gasteiger partial charge in [-0.1, -0.05) is 24.6 Å². The minimum absolute atomic E-state index is 0.258. The maximum Gasteiger partial charge on any atom is 0.124 e. The van der Waals surface area contributed by atoms with E-state index in [0.717, 1.165) is 23.3 Å². The van der Waals surface area contributed by atoms with Crippen molar-refractivity contribution in [3.05, 3.63) is 29.0 Å². The average molecular weight is 224 g/mol. The lowest BCUT2D eigenvalue weighted by atomic mass is 10.2. The Bertz CT molecular complexity index is 460. The molecule has 0 aliphatic carbocycles. The summed E-state index contributed by atoms with van der Waals surface area (Å²) in [6.07, 6.45) is 0.994. The van der Waals surface area contributed by atoms with E-state index in [4.69, 9.17) is 11.6 Å². The van der Waals surface area contributed by atoms with Crippen LogP contribution in [-0.2, 0) is 0 Å². The van der Waals surface area contributed by atoms with E-state index in [1.807, 2.05) is 25.2 Å². The van der Waals surface area contributed by atoms with Crippen LogP contribution in [0.5, 0.6) is 0 Å². The first kappa shape index (κ1) is 10.5. The van der Waals surface area contributed by atoms with Crippen LogP contribution in [-0.4, -0.2) is 17.0 Å². The SMILES string of the molecule is CC[C@H](NC)c1nc2c(Cl)cccc2[nH]1. The first-order valence-corrected chi connectivity index (χ1v) is 5.45. The number of hydrogen-bond acceptors (Lipinski definition) is 2. The minimum Gasteiger partial charge on any atom is -0.341 e. The summed E-state index contributed by atoms with van der Waals surface area (Å²) in [5.41, 5.74) is 1.84. The zero-order valence-corrected chi connectivity index (χ0v) is 9.60. The predicted molar refractivity (Wildman–Crippen MR) is 63.2 cm³/mol. The lowest BCUT2D eigenvalue weighted by Crippen LogP contribution is -2.16. The van der Waals surface area contributed by atoms with Gasteiger partial charge in [-0.3, -0.25) is 0 Å². The molecule has 0 saturated carbocycles. The van der Waals surface area contributed by atoms with Crippen LogP contribution in [0.1, 0.15) is 25.2 Å². The Labute approximate surface area is 93.9 Å². The quantitative estimate of drug-likeness (QED) is 0.840. The highest BCUT2D eigenvalue weighted by atomic mass is 35.5. The van der Waals surface area contributed by atoms with E-state index in [-0.39, 0.29) is 6.04 Å². The summed E-state index contributed by atoms with van der Waals surface area (Å²) in [5, 5.41) is 3.91. The van der Waals surface area contributed by atoms with E-state index < -0.39 is 0 Å². The van der Waals surface area contributed by atoms with Gasteiger partial charge in [0.15, 0.2) is 0 Å². The number of aromatic nitrogens is 2. The molecular formula is C11H14ClN3. The maximum atomic E-state index is 6.06. The first-order chi connectivity index (χ1) is 7.26. The highest BCUT2D eigenvalue weighted by molar-refractivity contribution is 6.34. The molecule has 1 heterocycles. The van der Waals surface area contributed by atoms with Gasteiger partial charge in [-0.25, -0.2) is 4.98 Å². The second-order valence-corrected chi connectivity index (χ2v) is 3.91. The monoisotopic (exact) mass is 223 g/mol. The highest BCUT2D eigenvalue weighted by Gasteiger charge is 2.12. The number of para-hydroxylation sites is 1. The Morgan fingerprint density at radius 3 is 2.93 bits per heavy atom. The van der Waals surface area contributed by atoms with E-state index >= 15 is 0 Å². The molecular weight excluding hydrogens is 210 g/mol. The van der Waals surface area contributed by atoms with Crippen LogP contribution >= 0.6 is 11.6 Å². The van der Waals surface area contributed by atoms with Crippen molar-refractivity contribution < 1.29 is 0 Å². The normalized spacial score (nSPS) is 13.3. The van der Waals surface area contributed by atoms with E-state index in [1.165, 1.54) is 0 Å². The van der Waals surface area contributed by atoms with E-state index in [1.54, 1.807) is 0 Å². The van der Waals surface area contributed by atoms with Gasteiger partial charge in [0.25, 0.3) is 0 Å². The number of H-pyrrole nitrogens is 1. The fourth-order valence-corrected chi connectivity index (χ4v) is 1.93. The van der Waals surface area contributed by atoms with E-state index in [9.17, 15) is 0 Å². The molecule has 80 valence electrons. The molecule has 15 heavy (non-hydrogen) atoms. The molecule has 0 spiro atoms. The van der Waals surface area contributed by atoms with Crippen LogP contribution in [0.4, 0.5) is 0 Å². The van der Waals surface area contributed by atoms with Gasteiger partial charge in [-0.05, 0) is 25.6 Å². The van der Waals surface area contributed by atoms with Gasteiger partial charge in [0.1, 0.15) is 11.3 Å². The number of rotatable bonds is 3. The molecule has 0 radical (unpaired) electrons. The van der Waals surface area contributed by atoms with Crippen LogP contribution in [0.3, 0.4) is 0 Å². The van der Waals surface area contributed by atoms with Gasteiger partial charge in [0.05, 0.1) is 16.6 Å². The van der Waals surface area contributed by atoms with Gasteiger partial charge in [0, 0.05) is 0 Å². The number of nitrogens with zero attached hydrogens (tertiary/aromatic N) is 1. The summed E-state index contributed by atoms with van der Waals surface area (Å²) in [7, 11) is 1.93. The second kappa shape index (κ2) is 4.21. The van der Waals surface area contributed by atoms with Crippen LogP contribution in [0.2, 0.25) is 5.02 Å². The Morgan fingerprint density at radius 2 is 2.33 bits per heavy atom. The van der Waals surface area contributed by atoms with Gasteiger partial charge in [0.2, 0.25) is 0 Å². The van der Waals surface area contributed by atoms with E-state index in [0.29, 0.717) is 5.02 Å². The smallest absolute Gasteiger partial charge is 0.124 e. The van der Waals surface area contributed by atoms with Crippen molar-refractivity contribution in [1.29, 1.82) is 0 Å². The molecule has 2 N–H and O–H groups in total. The van der Waals surface area contributed by atoms with Crippen molar-refractivity contribution in [2.45, 2.75) is 19.4 Å². The number of benzene rings is 1. The molecule has 0 aliphatic heterocycles. The van der Waals surface area contributed by atoms with Crippen LogP contribution < -0.4 is 5.32 Å². The third-order valence-electron chi connectivity index (χ3n) is 2.57. The summed E-state index contributed by atoms with van der Waals surface area (Å²) in [5.74, 6) is 0.947. The maximum absolute atomic E-state index is 6.06. The van der Waals surface area contributed by atoms with Crippen LogP contribution in [0, 0.1) is 0 Å². The number of halogens is 1. The van der Waals surface area contributed by atoms with Gasteiger partial charge in [-0.15, -0.1) is 0 Å². The first-order valence-electron chi connectivity index (χ1n) is 5.07. The Morgan fingerprint density at radius 1 is 1.53 bits per heavy atom. The van der Waals surface area contributed by atoms with Crippen molar-refractivity contribution in [3.63, 3.8) is 0 Å². The van der Waals surface area contributed by atoms with Crippen molar-refractivity contribution in [2.24, 2.45) is 0 Å². The number of nitrogens with one attached hydrogen (secondary N) is 2. The fourth-order valence-electron chi connectivity index (χ4n) is 1.72. The lowest BCUT2D eigenvalue weighted by Gasteiger charge is -2.09. The third-order valence-corrected chi connectivity index (χ3v) is 2.87. The molecule has 1 aromatic heterocycles. The van der Waals surface area contributed by atoms with Crippen LogP contribution in [0.25, 0.3) is 11.0 Å². The molecule has 0 fully saturated rings. The Kier molecular flexibility index (Phi) is 2.93. The summed E-state index contributed by atoms with van der Waals surface area (Å²) >= 11 is 6.06. The minimum atomic E-state index is 0.258. The molecule has 1 atom stereocenters. The van der Waals surface area contributed by atoms with Gasteiger partial charge >= 0.3 is 0 Å². The molecule has 4 heteroatoms. The Balaban J connectivity index is 2.51. The molecule has 1 aromatic carbocycles. The summed E-state index contributed by atoms with van der Waals surface area (Å²) in [4.78, 5) is 7.78. The van der Waals surface area contributed by atoms with Crippen LogP contribution in [0.15, 0.2) is 18.2 Å². The molecule has 0 unspecified atom stereocenters. The number of fused-ring (bicyclic) bond motifs is 1. The highest BCUT2D eigenvalue weighted by Crippen LogP contribution is 2.23. The van der Waals surface area contributed by atoms with Crippen molar-refractivity contribution in [1.82, 2.24) is 15.3 Å². The number of aromatic amines is 1. The number of imidazole rings is 1. The summed E-state index contributed by atoms with van der Waals surface area (Å²) in [6.45, 7) is 2.12. The van der Waals surface area contributed by atoms with Gasteiger partial charge < -0.3 is 10.3 Å². The lowest BCUT2D eigenvalue weighted by molar-refractivity contribution is 0.551. The molecule has 0 amide bonds. The molecule has 3 nitrogen and oxygen atoms in total. The molecule has 2 aromatic rings. The molecule has 0 saturated heterocycles. The largest absolute Gasteiger partial charge is 0.341 e. The zero-order chi connectivity index (χ0) is 10.8. The number of hydrogen-bond donors (Lipinski definition) is 2. The average Bonchev–Trinajstić information content (AvgIpc) is 2.65. The fraction of sp³-hybridized carbons (Fsp3) is 0.364. The summed E-state index contributed by atoms with van der Waals surface area (Å²) in [6, 6.07) is 6.02. The zero-order valence-electron chi connectivity index (χ0n) is 8.84.